The number of hydrogen-bond donors (Lipinski definition) is 2. The number of nitrogens with zero attached hydrogens (tertiary/aromatic N) is 4. The van der Waals surface area contributed by atoms with Crippen molar-refractivity contribution >= 4 is 5.91 Å². The predicted molar refractivity (Wildman–Crippen MR) is 90.3 cm³/mol. The van der Waals surface area contributed by atoms with Crippen LogP contribution < -0.4 is 5.32 Å². The zero-order valence-electron chi connectivity index (χ0n) is 14.7. The molecule has 7 heteroatoms. The van der Waals surface area contributed by atoms with Crippen molar-refractivity contribution in [2.45, 2.75) is 76.1 Å². The highest BCUT2D eigenvalue weighted by molar-refractivity contribution is 5.83. The van der Waals surface area contributed by atoms with Crippen LogP contribution in [0.5, 0.6) is 0 Å². The summed E-state index contributed by atoms with van der Waals surface area (Å²) in [5.74, 6) is -0.126. The molecule has 7 nitrogen and oxygen atoms in total. The zero-order chi connectivity index (χ0) is 17.2. The molecule has 134 valence electrons. The van der Waals surface area contributed by atoms with E-state index < -0.39 is 11.6 Å². The molecule has 3 rings (SSSR count). The van der Waals surface area contributed by atoms with Crippen molar-refractivity contribution in [3.8, 4) is 0 Å². The van der Waals surface area contributed by atoms with Gasteiger partial charge in [0, 0.05) is 6.04 Å². The van der Waals surface area contributed by atoms with Crippen LogP contribution in [0.2, 0.25) is 0 Å². The summed E-state index contributed by atoms with van der Waals surface area (Å²) >= 11 is 0. The van der Waals surface area contributed by atoms with Crippen LogP contribution in [0.3, 0.4) is 0 Å². The number of carbonyl (C=O) groups is 1. The Bertz CT molecular complexity index is 539. The Kier molecular flexibility index (Phi) is 5.20. The van der Waals surface area contributed by atoms with Gasteiger partial charge in [0.1, 0.15) is 18.2 Å². The minimum absolute atomic E-state index is 0.126. The molecule has 1 aromatic rings. The Balaban J connectivity index is 1.69. The van der Waals surface area contributed by atoms with E-state index in [0.717, 1.165) is 38.8 Å². The van der Waals surface area contributed by atoms with Crippen molar-refractivity contribution in [3.63, 3.8) is 0 Å². The van der Waals surface area contributed by atoms with E-state index in [1.54, 1.807) is 11.0 Å². The van der Waals surface area contributed by atoms with E-state index in [4.69, 9.17) is 0 Å². The lowest BCUT2D eigenvalue weighted by Gasteiger charge is -2.35. The third kappa shape index (κ3) is 3.47. The Morgan fingerprint density at radius 2 is 1.92 bits per heavy atom. The smallest absolute Gasteiger partial charge is 0.247 e. The van der Waals surface area contributed by atoms with Crippen LogP contribution in [-0.4, -0.2) is 62.0 Å². The third-order valence-corrected chi connectivity index (χ3v) is 5.54. The van der Waals surface area contributed by atoms with Gasteiger partial charge in [0.15, 0.2) is 0 Å². The first-order chi connectivity index (χ1) is 11.5. The van der Waals surface area contributed by atoms with Crippen LogP contribution in [0.25, 0.3) is 0 Å². The number of aromatic nitrogens is 3. The summed E-state index contributed by atoms with van der Waals surface area (Å²) in [5, 5.41) is 18.1. The predicted octanol–water partition coefficient (Wildman–Crippen LogP) is 0.897. The first-order valence-electron chi connectivity index (χ1n) is 9.08. The van der Waals surface area contributed by atoms with Crippen LogP contribution in [0.15, 0.2) is 12.7 Å². The Hall–Kier alpha value is -1.47. The summed E-state index contributed by atoms with van der Waals surface area (Å²) in [4.78, 5) is 19.1. The molecule has 0 spiro atoms. The van der Waals surface area contributed by atoms with Crippen LogP contribution >= 0.6 is 0 Å². The summed E-state index contributed by atoms with van der Waals surface area (Å²) in [7, 11) is 0. The van der Waals surface area contributed by atoms with E-state index >= 15 is 0 Å². The van der Waals surface area contributed by atoms with Crippen molar-refractivity contribution in [1.82, 2.24) is 25.0 Å². The third-order valence-electron chi connectivity index (χ3n) is 5.54. The maximum atomic E-state index is 12.8. The Morgan fingerprint density at radius 1 is 1.21 bits per heavy atom. The molecular weight excluding hydrogens is 306 g/mol. The lowest BCUT2D eigenvalue weighted by atomic mass is 9.98. The topological polar surface area (TPSA) is 83.3 Å². The van der Waals surface area contributed by atoms with Gasteiger partial charge < -0.3 is 10.4 Å². The van der Waals surface area contributed by atoms with E-state index in [1.807, 2.05) is 13.8 Å². The van der Waals surface area contributed by atoms with Crippen molar-refractivity contribution < 1.29 is 9.90 Å². The molecule has 0 aromatic carbocycles. The molecule has 2 N–H and O–H groups in total. The highest BCUT2D eigenvalue weighted by atomic mass is 16.3. The highest BCUT2D eigenvalue weighted by Gasteiger charge is 2.38. The highest BCUT2D eigenvalue weighted by Crippen LogP contribution is 2.26. The summed E-state index contributed by atoms with van der Waals surface area (Å²) in [6.45, 7) is 5.76. The SMILES string of the molecule is CC(C)(C(=O)N[C@@H]1CCCC[C@@H](N2CCCC2)[C@@H]1O)n1cncn1. The maximum absolute atomic E-state index is 12.8. The Morgan fingerprint density at radius 3 is 2.58 bits per heavy atom. The fourth-order valence-electron chi connectivity index (χ4n) is 3.90. The fourth-order valence-corrected chi connectivity index (χ4v) is 3.90. The number of aliphatic hydroxyl groups excluding tert-OH is 1. The molecule has 1 aromatic heterocycles. The summed E-state index contributed by atoms with van der Waals surface area (Å²) in [6.07, 6.45) is 8.87. The lowest BCUT2D eigenvalue weighted by molar-refractivity contribution is -0.131. The van der Waals surface area contributed by atoms with Gasteiger partial charge in [-0.1, -0.05) is 12.8 Å². The molecule has 2 heterocycles. The molecule has 1 saturated heterocycles. The first-order valence-corrected chi connectivity index (χ1v) is 9.08. The second-order valence-corrected chi connectivity index (χ2v) is 7.56. The summed E-state index contributed by atoms with van der Waals surface area (Å²) in [6, 6.07) is -0.0387. The van der Waals surface area contributed by atoms with Crippen LogP contribution in [0.1, 0.15) is 52.4 Å². The molecule has 1 saturated carbocycles. The van der Waals surface area contributed by atoms with Gasteiger partial charge in [-0.25, -0.2) is 9.67 Å². The molecular formula is C17H29N5O2. The van der Waals surface area contributed by atoms with E-state index in [2.05, 4.69) is 20.3 Å². The number of aliphatic hydroxyl groups is 1. The van der Waals surface area contributed by atoms with Gasteiger partial charge in [0.2, 0.25) is 5.91 Å². The molecule has 2 aliphatic rings. The average Bonchev–Trinajstić information content (AvgIpc) is 3.24. The van der Waals surface area contributed by atoms with Gasteiger partial charge in [-0.2, -0.15) is 5.10 Å². The van der Waals surface area contributed by atoms with E-state index in [9.17, 15) is 9.90 Å². The Labute approximate surface area is 143 Å². The minimum atomic E-state index is -0.828. The second kappa shape index (κ2) is 7.19. The monoisotopic (exact) mass is 335 g/mol. The second-order valence-electron chi connectivity index (χ2n) is 7.56. The standard InChI is InChI=1S/C17H29N5O2/c1-17(2,22-12-18-11-19-22)16(24)20-13-7-3-4-8-14(15(13)23)21-9-5-6-10-21/h11-15,23H,3-10H2,1-2H3,(H,20,24)/t13-,14-,15-/m1/s1. The normalized spacial score (nSPS) is 29.4. The number of nitrogens with one attached hydrogen (secondary N) is 1. The lowest BCUT2D eigenvalue weighted by Crippen LogP contribution is -2.56. The van der Waals surface area contributed by atoms with Crippen LogP contribution in [0.4, 0.5) is 0 Å². The number of amides is 1. The van der Waals surface area contributed by atoms with Gasteiger partial charge in [0.05, 0.1) is 12.1 Å². The quantitative estimate of drug-likeness (QED) is 0.799. The molecule has 1 aliphatic carbocycles. The molecule has 0 bridgehead atoms. The molecule has 0 unspecified atom stereocenters. The molecule has 2 fully saturated rings. The van der Waals surface area contributed by atoms with E-state index in [1.165, 1.54) is 19.2 Å². The maximum Gasteiger partial charge on any atom is 0.247 e. The molecule has 1 amide bonds. The fraction of sp³-hybridized carbons (Fsp3) is 0.824. The van der Waals surface area contributed by atoms with Gasteiger partial charge in [-0.15, -0.1) is 0 Å². The van der Waals surface area contributed by atoms with Gasteiger partial charge in [0.25, 0.3) is 0 Å². The minimum Gasteiger partial charge on any atom is -0.389 e. The van der Waals surface area contributed by atoms with Crippen molar-refractivity contribution in [2.24, 2.45) is 0 Å². The van der Waals surface area contributed by atoms with Crippen molar-refractivity contribution in [1.29, 1.82) is 0 Å². The first kappa shape index (κ1) is 17.4. The van der Waals surface area contributed by atoms with E-state index in [-0.39, 0.29) is 18.0 Å². The zero-order valence-corrected chi connectivity index (χ0v) is 14.7. The van der Waals surface area contributed by atoms with Crippen molar-refractivity contribution in [2.75, 3.05) is 13.1 Å². The summed E-state index contributed by atoms with van der Waals surface area (Å²) in [5.41, 5.74) is -0.828. The van der Waals surface area contributed by atoms with Gasteiger partial charge >= 0.3 is 0 Å². The van der Waals surface area contributed by atoms with Gasteiger partial charge in [-0.3, -0.25) is 9.69 Å². The average molecular weight is 335 g/mol. The largest absolute Gasteiger partial charge is 0.389 e. The molecule has 1 aliphatic heterocycles. The van der Waals surface area contributed by atoms with Crippen LogP contribution in [0, 0.1) is 0 Å². The molecule has 3 atom stereocenters. The van der Waals surface area contributed by atoms with Gasteiger partial charge in [-0.05, 0) is 52.6 Å². The van der Waals surface area contributed by atoms with Crippen LogP contribution in [-0.2, 0) is 10.3 Å². The number of rotatable bonds is 4. The molecule has 0 radical (unpaired) electrons. The number of carbonyl (C=O) groups excluding carboxylic acids is 1. The molecule has 24 heavy (non-hydrogen) atoms. The number of likely N-dealkylation sites (tertiary alicyclic amines) is 1. The van der Waals surface area contributed by atoms with E-state index in [0.29, 0.717) is 0 Å². The van der Waals surface area contributed by atoms with Crippen molar-refractivity contribution in [3.05, 3.63) is 12.7 Å². The number of hydrogen-bond acceptors (Lipinski definition) is 5. The summed E-state index contributed by atoms with van der Waals surface area (Å²) < 4.78 is 1.56.